The van der Waals surface area contributed by atoms with Gasteiger partial charge >= 0.3 is 0 Å². The van der Waals surface area contributed by atoms with Crippen molar-refractivity contribution in [1.29, 1.82) is 0 Å². The molecule has 3 unspecified atom stereocenters. The van der Waals surface area contributed by atoms with E-state index in [9.17, 15) is 19.8 Å². The maximum atomic E-state index is 13.9. The Hall–Kier alpha value is -2.14. The number of aliphatic hydroxyl groups is 2. The summed E-state index contributed by atoms with van der Waals surface area (Å²) in [7, 11) is 0. The van der Waals surface area contributed by atoms with Crippen molar-refractivity contribution in [3.63, 3.8) is 0 Å². The van der Waals surface area contributed by atoms with Gasteiger partial charge in [0.15, 0.2) is 11.6 Å². The molecule has 0 aromatic heterocycles. The van der Waals surface area contributed by atoms with Crippen LogP contribution >= 0.6 is 0 Å². The fraction of sp³-hybridized carbons (Fsp3) is 0.630. The average Bonchev–Trinajstić information content (AvgIpc) is 3.11. The molecule has 2 aliphatic rings. The SMILES string of the molecule is CCC(C)C(=O)C1=C(O)C(C)=C2OC(C(C)(C)O)CC2(CC=C(C)CCC=C(C)C)C1=O. The molecular formula is C27H40O5. The summed E-state index contributed by atoms with van der Waals surface area (Å²) in [6.07, 6.45) is 6.65. The van der Waals surface area contributed by atoms with Gasteiger partial charge in [0.1, 0.15) is 23.2 Å². The van der Waals surface area contributed by atoms with Crippen molar-refractivity contribution in [3.05, 3.63) is 46.0 Å². The smallest absolute Gasteiger partial charge is 0.184 e. The van der Waals surface area contributed by atoms with Gasteiger partial charge in [-0.1, -0.05) is 37.1 Å². The Morgan fingerprint density at radius 2 is 1.91 bits per heavy atom. The van der Waals surface area contributed by atoms with Crippen molar-refractivity contribution in [2.45, 2.75) is 99.2 Å². The lowest BCUT2D eigenvalue weighted by molar-refractivity contribution is -0.128. The number of ketones is 2. The van der Waals surface area contributed by atoms with Crippen LogP contribution in [0.25, 0.3) is 0 Å². The normalized spacial score (nSPS) is 25.0. The molecule has 0 amide bonds. The Balaban J connectivity index is 2.52. The van der Waals surface area contributed by atoms with Crippen LogP contribution in [0.15, 0.2) is 46.0 Å². The summed E-state index contributed by atoms with van der Waals surface area (Å²) in [4.78, 5) is 26.9. The van der Waals surface area contributed by atoms with Gasteiger partial charge in [0, 0.05) is 17.9 Å². The maximum Gasteiger partial charge on any atom is 0.184 e. The molecule has 2 N–H and O–H groups in total. The molecule has 1 saturated heterocycles. The molecule has 5 heteroatoms. The Morgan fingerprint density at radius 3 is 2.44 bits per heavy atom. The molecule has 5 nitrogen and oxygen atoms in total. The summed E-state index contributed by atoms with van der Waals surface area (Å²) >= 11 is 0. The van der Waals surface area contributed by atoms with E-state index in [1.165, 1.54) is 5.57 Å². The number of carbonyl (C=O) groups is 2. The van der Waals surface area contributed by atoms with Gasteiger partial charge in [-0.25, -0.2) is 0 Å². The highest BCUT2D eigenvalue weighted by molar-refractivity contribution is 6.25. The first-order chi connectivity index (χ1) is 14.8. The van der Waals surface area contributed by atoms with Gasteiger partial charge in [-0.3, -0.25) is 9.59 Å². The van der Waals surface area contributed by atoms with Gasteiger partial charge in [-0.05, 0) is 67.2 Å². The molecule has 0 aromatic rings. The number of allylic oxidation sites excluding steroid dienone is 7. The molecule has 2 rings (SSSR count). The zero-order valence-electron chi connectivity index (χ0n) is 21.0. The number of Topliss-reactive ketones (excluding diaryl/α,β-unsaturated/α-hetero) is 2. The standard InChI is InChI=1S/C27H40O5/c1-9-18(5)22(28)21-23(29)19(6)25-27(24(21)30,15-20(32-25)26(7,8)31)14-13-17(4)12-10-11-16(2)3/h11,13,18,20,29,31H,9-10,12,14-15H2,1-8H3. The van der Waals surface area contributed by atoms with Crippen LogP contribution in [0.2, 0.25) is 0 Å². The van der Waals surface area contributed by atoms with Gasteiger partial charge in [-0.2, -0.15) is 0 Å². The van der Waals surface area contributed by atoms with E-state index in [-0.39, 0.29) is 35.2 Å². The molecule has 1 fully saturated rings. The quantitative estimate of drug-likeness (QED) is 0.342. The van der Waals surface area contributed by atoms with E-state index in [2.05, 4.69) is 19.9 Å². The second-order valence-corrected chi connectivity index (χ2v) is 10.3. The number of carbonyl (C=O) groups excluding carboxylic acids is 2. The van der Waals surface area contributed by atoms with Crippen LogP contribution < -0.4 is 0 Å². The molecule has 0 bridgehead atoms. The molecule has 0 saturated carbocycles. The summed E-state index contributed by atoms with van der Waals surface area (Å²) in [5.41, 5.74) is 0.468. The third-order valence-corrected chi connectivity index (χ3v) is 6.81. The van der Waals surface area contributed by atoms with E-state index >= 15 is 0 Å². The molecular weight excluding hydrogens is 404 g/mol. The van der Waals surface area contributed by atoms with Gasteiger partial charge < -0.3 is 14.9 Å². The van der Waals surface area contributed by atoms with Crippen LogP contribution in [0.1, 0.15) is 87.5 Å². The van der Waals surface area contributed by atoms with Crippen molar-refractivity contribution in [2.24, 2.45) is 11.3 Å². The Morgan fingerprint density at radius 1 is 1.28 bits per heavy atom. The minimum atomic E-state index is -1.17. The van der Waals surface area contributed by atoms with E-state index in [1.54, 1.807) is 27.7 Å². The van der Waals surface area contributed by atoms with Crippen LogP contribution in [0, 0.1) is 11.3 Å². The molecule has 0 aromatic carbocycles. The van der Waals surface area contributed by atoms with Crippen LogP contribution in [0.5, 0.6) is 0 Å². The highest BCUT2D eigenvalue weighted by atomic mass is 16.5. The second-order valence-electron chi connectivity index (χ2n) is 10.3. The largest absolute Gasteiger partial charge is 0.507 e. The number of fused-ring (bicyclic) bond motifs is 1. The van der Waals surface area contributed by atoms with Gasteiger partial charge in [0.25, 0.3) is 0 Å². The van der Waals surface area contributed by atoms with Crippen molar-refractivity contribution in [3.8, 4) is 0 Å². The number of aliphatic hydroxyl groups excluding tert-OH is 1. The zero-order valence-corrected chi connectivity index (χ0v) is 21.0. The highest BCUT2D eigenvalue weighted by Gasteiger charge is 2.58. The molecule has 0 radical (unpaired) electrons. The van der Waals surface area contributed by atoms with E-state index in [0.29, 0.717) is 24.2 Å². The first-order valence-electron chi connectivity index (χ1n) is 11.7. The Kier molecular flexibility index (Phi) is 7.98. The predicted molar refractivity (Wildman–Crippen MR) is 127 cm³/mol. The third kappa shape index (κ3) is 5.09. The fourth-order valence-corrected chi connectivity index (χ4v) is 4.35. The minimum Gasteiger partial charge on any atom is -0.507 e. The molecule has 1 aliphatic carbocycles. The minimum absolute atomic E-state index is 0.115. The van der Waals surface area contributed by atoms with Gasteiger partial charge in [0.05, 0.1) is 11.0 Å². The van der Waals surface area contributed by atoms with Gasteiger partial charge in [-0.15, -0.1) is 0 Å². The molecule has 3 atom stereocenters. The lowest BCUT2D eigenvalue weighted by Gasteiger charge is -2.32. The van der Waals surface area contributed by atoms with Crippen LogP contribution in [-0.2, 0) is 14.3 Å². The molecule has 178 valence electrons. The summed E-state index contributed by atoms with van der Waals surface area (Å²) in [5.74, 6) is -0.978. The lowest BCUT2D eigenvalue weighted by atomic mass is 9.66. The fourth-order valence-electron chi connectivity index (χ4n) is 4.35. The van der Waals surface area contributed by atoms with Crippen LogP contribution in [-0.4, -0.2) is 33.5 Å². The Labute approximate surface area is 192 Å². The van der Waals surface area contributed by atoms with Crippen molar-refractivity contribution in [1.82, 2.24) is 0 Å². The van der Waals surface area contributed by atoms with Crippen molar-refractivity contribution < 1.29 is 24.5 Å². The first-order valence-corrected chi connectivity index (χ1v) is 11.7. The third-order valence-electron chi connectivity index (χ3n) is 6.81. The van der Waals surface area contributed by atoms with E-state index < -0.39 is 17.1 Å². The maximum absolute atomic E-state index is 13.9. The van der Waals surface area contributed by atoms with E-state index in [1.807, 2.05) is 19.9 Å². The molecule has 1 aliphatic heterocycles. The molecule has 32 heavy (non-hydrogen) atoms. The highest BCUT2D eigenvalue weighted by Crippen LogP contribution is 2.54. The van der Waals surface area contributed by atoms with Crippen molar-refractivity contribution in [2.75, 3.05) is 0 Å². The van der Waals surface area contributed by atoms with E-state index in [0.717, 1.165) is 18.4 Å². The second kappa shape index (κ2) is 9.78. The predicted octanol–water partition coefficient (Wildman–Crippen LogP) is 5.90. The topological polar surface area (TPSA) is 83.8 Å². The van der Waals surface area contributed by atoms with Gasteiger partial charge in [0.2, 0.25) is 0 Å². The summed E-state index contributed by atoms with van der Waals surface area (Å²) in [6, 6.07) is 0. The van der Waals surface area contributed by atoms with E-state index in [4.69, 9.17) is 4.74 Å². The van der Waals surface area contributed by atoms with Crippen LogP contribution in [0.4, 0.5) is 0 Å². The average molecular weight is 445 g/mol. The number of hydrogen-bond acceptors (Lipinski definition) is 5. The number of hydrogen-bond donors (Lipinski definition) is 2. The summed E-state index contributed by atoms with van der Waals surface area (Å²) in [6.45, 7) is 14.8. The first kappa shape index (κ1) is 26.1. The monoisotopic (exact) mass is 444 g/mol. The number of rotatable bonds is 9. The number of ether oxygens (including phenoxy) is 1. The lowest BCUT2D eigenvalue weighted by Crippen LogP contribution is -2.41. The molecule has 1 heterocycles. The zero-order chi connectivity index (χ0) is 24.4. The summed E-state index contributed by atoms with van der Waals surface area (Å²) < 4.78 is 6.11. The van der Waals surface area contributed by atoms with Crippen LogP contribution in [0.3, 0.4) is 0 Å². The molecule has 0 spiro atoms. The van der Waals surface area contributed by atoms with Crippen molar-refractivity contribution >= 4 is 11.6 Å². The Bertz CT molecular complexity index is 889. The summed E-state index contributed by atoms with van der Waals surface area (Å²) in [5, 5.41) is 21.5.